The highest BCUT2D eigenvalue weighted by atomic mass is 79.9. The maximum Gasteiger partial charge on any atom is 0.265 e. The Morgan fingerprint density at radius 3 is 2.86 bits per heavy atom. The molecule has 0 spiro atoms. The van der Waals surface area contributed by atoms with Crippen LogP contribution in [0.5, 0.6) is 0 Å². The Kier molecular flexibility index (Phi) is 6.01. The molecule has 0 atom stereocenters. The molecular weight excluding hydrogens is 372 g/mol. The Morgan fingerprint density at radius 2 is 2.19 bits per heavy atom. The summed E-state index contributed by atoms with van der Waals surface area (Å²) < 4.78 is 1.10. The summed E-state index contributed by atoms with van der Waals surface area (Å²) in [7, 11) is 0. The predicted molar refractivity (Wildman–Crippen MR) is 93.4 cm³/mol. The smallest absolute Gasteiger partial charge is 0.265 e. The number of nitrogen functional groups attached to an aromatic ring is 1. The van der Waals surface area contributed by atoms with Gasteiger partial charge in [-0.2, -0.15) is 0 Å². The van der Waals surface area contributed by atoms with Crippen molar-refractivity contribution in [2.24, 2.45) is 0 Å². The van der Waals surface area contributed by atoms with E-state index in [1.807, 2.05) is 6.07 Å². The number of carbonyl (C=O) groups is 1. The molecule has 0 radical (unpaired) electrons. The fourth-order valence-electron chi connectivity index (χ4n) is 1.67. The monoisotopic (exact) mass is 388 g/mol. The van der Waals surface area contributed by atoms with E-state index in [2.05, 4.69) is 44.5 Å². The highest BCUT2D eigenvalue weighted by Gasteiger charge is 2.15. The number of nitrogens with two attached hydrogens (primary N) is 1. The van der Waals surface area contributed by atoms with E-state index < -0.39 is 0 Å². The third-order valence-corrected chi connectivity index (χ3v) is 5.38. The lowest BCUT2D eigenvalue weighted by Gasteiger charge is -2.02. The molecule has 0 aliphatic carbocycles. The zero-order valence-electron chi connectivity index (χ0n) is 11.6. The van der Waals surface area contributed by atoms with Gasteiger partial charge in [0.15, 0.2) is 5.13 Å². The van der Waals surface area contributed by atoms with Gasteiger partial charge >= 0.3 is 0 Å². The average molecular weight is 389 g/mol. The summed E-state index contributed by atoms with van der Waals surface area (Å²) in [6, 6.07) is 4.06. The molecule has 2 aromatic rings. The molecule has 0 unspecified atom stereocenters. The largest absolute Gasteiger partial charge is 0.382 e. The second-order valence-electron chi connectivity index (χ2n) is 4.37. The second-order valence-corrected chi connectivity index (χ2v) is 7.92. The van der Waals surface area contributed by atoms with Crippen molar-refractivity contribution in [3.05, 3.63) is 25.7 Å². The normalized spacial score (nSPS) is 10.6. The summed E-state index contributed by atoms with van der Waals surface area (Å²) in [6.07, 6.45) is 1.80. The zero-order valence-corrected chi connectivity index (χ0v) is 14.8. The molecule has 8 heteroatoms. The molecule has 1 amide bonds. The maximum absolute atomic E-state index is 12.1. The minimum Gasteiger partial charge on any atom is -0.382 e. The van der Waals surface area contributed by atoms with Gasteiger partial charge in [-0.15, -0.1) is 11.3 Å². The van der Waals surface area contributed by atoms with Crippen molar-refractivity contribution >= 4 is 55.5 Å². The number of rotatable bonds is 7. The third kappa shape index (κ3) is 4.69. The molecule has 0 saturated heterocycles. The van der Waals surface area contributed by atoms with Crippen molar-refractivity contribution in [1.29, 1.82) is 0 Å². The zero-order chi connectivity index (χ0) is 15.2. The quantitative estimate of drug-likeness (QED) is 0.679. The van der Waals surface area contributed by atoms with Gasteiger partial charge < -0.3 is 16.4 Å². The first-order valence-corrected chi connectivity index (χ1v) is 9.05. The number of hydrogen-bond donors (Lipinski definition) is 3. The lowest BCUT2D eigenvalue weighted by molar-refractivity contribution is 0.0959. The third-order valence-electron chi connectivity index (χ3n) is 2.67. The first-order valence-electron chi connectivity index (χ1n) is 6.62. The lowest BCUT2D eigenvalue weighted by atomic mass is 10.3. The number of aromatic nitrogens is 1. The number of hydrogen-bond acceptors (Lipinski definition) is 6. The highest BCUT2D eigenvalue weighted by molar-refractivity contribution is 9.11. The molecule has 2 rings (SSSR count). The van der Waals surface area contributed by atoms with Crippen molar-refractivity contribution < 1.29 is 4.79 Å². The van der Waals surface area contributed by atoms with E-state index in [9.17, 15) is 4.79 Å². The molecule has 0 bridgehead atoms. The SMILES string of the molecule is CCCNc1nc(N)c(C(=O)NCCc2ccc(Br)s2)s1. The number of thiazole rings is 1. The van der Waals surface area contributed by atoms with Crippen molar-refractivity contribution in [2.75, 3.05) is 24.1 Å². The molecule has 5 nitrogen and oxygen atoms in total. The fourth-order valence-corrected chi connectivity index (χ4v) is 3.98. The first kappa shape index (κ1) is 16.3. The van der Waals surface area contributed by atoms with Gasteiger partial charge in [-0.3, -0.25) is 4.79 Å². The van der Waals surface area contributed by atoms with Crippen LogP contribution in [-0.2, 0) is 6.42 Å². The van der Waals surface area contributed by atoms with Crippen molar-refractivity contribution in [3.8, 4) is 0 Å². The van der Waals surface area contributed by atoms with Gasteiger partial charge in [0.25, 0.3) is 5.91 Å². The lowest BCUT2D eigenvalue weighted by Crippen LogP contribution is -2.25. The molecule has 114 valence electrons. The van der Waals surface area contributed by atoms with Gasteiger partial charge in [0.2, 0.25) is 0 Å². The summed E-state index contributed by atoms with van der Waals surface area (Å²) in [5, 5.41) is 6.72. The van der Waals surface area contributed by atoms with E-state index in [0.29, 0.717) is 16.6 Å². The van der Waals surface area contributed by atoms with E-state index in [0.717, 1.165) is 23.2 Å². The van der Waals surface area contributed by atoms with E-state index in [4.69, 9.17) is 5.73 Å². The molecule has 0 fully saturated rings. The van der Waals surface area contributed by atoms with Gasteiger partial charge in [0.1, 0.15) is 10.7 Å². The number of carbonyl (C=O) groups excluding carboxylic acids is 1. The van der Waals surface area contributed by atoms with Crippen LogP contribution in [0.15, 0.2) is 15.9 Å². The Morgan fingerprint density at radius 1 is 1.38 bits per heavy atom. The van der Waals surface area contributed by atoms with E-state index in [-0.39, 0.29) is 11.7 Å². The Bertz CT molecular complexity index is 611. The highest BCUT2D eigenvalue weighted by Crippen LogP contribution is 2.25. The van der Waals surface area contributed by atoms with Crippen LogP contribution >= 0.6 is 38.6 Å². The Hall–Kier alpha value is -1.12. The second kappa shape index (κ2) is 7.77. The van der Waals surface area contributed by atoms with Crippen molar-refractivity contribution in [2.45, 2.75) is 19.8 Å². The fraction of sp³-hybridized carbons (Fsp3) is 0.385. The van der Waals surface area contributed by atoms with Gasteiger partial charge in [-0.1, -0.05) is 18.3 Å². The summed E-state index contributed by atoms with van der Waals surface area (Å²) in [6.45, 7) is 3.47. The summed E-state index contributed by atoms with van der Waals surface area (Å²) in [5.41, 5.74) is 5.79. The number of amides is 1. The van der Waals surface area contributed by atoms with Crippen LogP contribution in [0.1, 0.15) is 27.9 Å². The molecule has 4 N–H and O–H groups in total. The van der Waals surface area contributed by atoms with Crippen LogP contribution in [0.3, 0.4) is 0 Å². The molecule has 2 heterocycles. The number of halogens is 1. The van der Waals surface area contributed by atoms with E-state index >= 15 is 0 Å². The minimum atomic E-state index is -0.162. The van der Waals surface area contributed by atoms with Gasteiger partial charge in [-0.05, 0) is 40.9 Å². The first-order chi connectivity index (χ1) is 10.1. The van der Waals surface area contributed by atoms with E-state index in [1.54, 1.807) is 11.3 Å². The standard InChI is InChI=1S/C13H17BrN4OS2/c1-2-6-17-13-18-11(15)10(21-13)12(19)16-7-5-8-3-4-9(14)20-8/h3-4H,2,5-7,15H2,1H3,(H,16,19)(H,17,18). The average Bonchev–Trinajstić information content (AvgIpc) is 3.02. The summed E-state index contributed by atoms with van der Waals surface area (Å²) in [4.78, 5) is 18.0. The molecule has 0 aromatic carbocycles. The van der Waals surface area contributed by atoms with Gasteiger partial charge in [0, 0.05) is 18.0 Å². The van der Waals surface area contributed by atoms with Crippen molar-refractivity contribution in [3.63, 3.8) is 0 Å². The number of thiophene rings is 1. The summed E-state index contributed by atoms with van der Waals surface area (Å²) >= 11 is 6.39. The van der Waals surface area contributed by atoms with E-state index in [1.165, 1.54) is 16.2 Å². The Balaban J connectivity index is 1.86. The topological polar surface area (TPSA) is 80.0 Å². The number of nitrogens with zero attached hydrogens (tertiary/aromatic N) is 1. The molecule has 0 saturated carbocycles. The predicted octanol–water partition coefficient (Wildman–Crippen LogP) is 3.34. The van der Waals surface area contributed by atoms with Crippen LogP contribution in [0.4, 0.5) is 10.9 Å². The van der Waals surface area contributed by atoms with Gasteiger partial charge in [-0.25, -0.2) is 4.98 Å². The Labute approximate surface area is 140 Å². The van der Waals surface area contributed by atoms with Crippen LogP contribution in [-0.4, -0.2) is 24.0 Å². The number of anilines is 2. The van der Waals surface area contributed by atoms with Gasteiger partial charge in [0.05, 0.1) is 3.79 Å². The molecule has 2 aromatic heterocycles. The van der Waals surface area contributed by atoms with Crippen LogP contribution in [0.2, 0.25) is 0 Å². The van der Waals surface area contributed by atoms with Crippen LogP contribution < -0.4 is 16.4 Å². The van der Waals surface area contributed by atoms with Crippen LogP contribution in [0, 0.1) is 0 Å². The van der Waals surface area contributed by atoms with Crippen LogP contribution in [0.25, 0.3) is 0 Å². The van der Waals surface area contributed by atoms with Crippen molar-refractivity contribution in [1.82, 2.24) is 10.3 Å². The molecule has 0 aliphatic rings. The minimum absolute atomic E-state index is 0.162. The maximum atomic E-state index is 12.1. The molecular formula is C13H17BrN4OS2. The summed E-state index contributed by atoms with van der Waals surface area (Å²) in [5.74, 6) is 0.125. The molecule has 21 heavy (non-hydrogen) atoms. The molecule has 0 aliphatic heterocycles. The number of nitrogens with one attached hydrogen (secondary N) is 2.